The normalized spacial score (nSPS) is 10.5. The quantitative estimate of drug-likeness (QED) is 0.888. The van der Waals surface area contributed by atoms with Crippen LogP contribution in [0.15, 0.2) is 24.4 Å². The topological polar surface area (TPSA) is 42.0 Å². The Morgan fingerprint density at radius 3 is 2.88 bits per heavy atom. The summed E-state index contributed by atoms with van der Waals surface area (Å²) in [7, 11) is 0. The van der Waals surface area contributed by atoms with Crippen molar-refractivity contribution in [3.8, 4) is 0 Å². The molecular weight excluding hydrogens is 236 g/mol. The van der Waals surface area contributed by atoms with Crippen LogP contribution in [0.2, 0.25) is 5.02 Å². The number of carbonyl (C=O) groups is 1. The van der Waals surface area contributed by atoms with Gasteiger partial charge in [0, 0.05) is 34.8 Å². The number of aromatic nitrogens is 1. The maximum absolute atomic E-state index is 11.7. The van der Waals surface area contributed by atoms with E-state index in [1.165, 1.54) is 0 Å². The summed E-state index contributed by atoms with van der Waals surface area (Å²) in [6.07, 6.45) is 1.63. The van der Waals surface area contributed by atoms with Crippen LogP contribution < -0.4 is 5.32 Å². The van der Waals surface area contributed by atoms with Gasteiger partial charge in [-0.1, -0.05) is 17.7 Å². The molecule has 0 saturated heterocycles. The fourth-order valence-corrected chi connectivity index (χ4v) is 1.96. The maximum atomic E-state index is 11.7. The lowest BCUT2D eigenvalue weighted by atomic mass is 10.1. The molecule has 0 fully saturated rings. The molecule has 0 spiro atoms. The first-order valence-electron chi connectivity index (χ1n) is 5.46. The molecule has 1 aromatic carbocycles. The number of carbonyl (C=O) groups excluding carboxylic acids is 1. The third kappa shape index (κ3) is 2.24. The average Bonchev–Trinajstić information content (AvgIpc) is 2.34. The predicted molar refractivity (Wildman–Crippen MR) is 69.5 cm³/mol. The van der Waals surface area contributed by atoms with Crippen LogP contribution in [-0.4, -0.2) is 17.4 Å². The monoisotopic (exact) mass is 248 g/mol. The number of hydrogen-bond acceptors (Lipinski definition) is 2. The highest BCUT2D eigenvalue weighted by Crippen LogP contribution is 2.25. The van der Waals surface area contributed by atoms with Gasteiger partial charge in [0.15, 0.2) is 0 Å². The number of halogens is 1. The van der Waals surface area contributed by atoms with Crippen LogP contribution in [0.3, 0.4) is 0 Å². The van der Waals surface area contributed by atoms with E-state index in [0.29, 0.717) is 17.1 Å². The van der Waals surface area contributed by atoms with Gasteiger partial charge in [0.05, 0.1) is 5.02 Å². The summed E-state index contributed by atoms with van der Waals surface area (Å²) < 4.78 is 0. The van der Waals surface area contributed by atoms with E-state index in [2.05, 4.69) is 10.3 Å². The highest BCUT2D eigenvalue weighted by atomic mass is 35.5. The molecule has 1 amide bonds. The second-order valence-electron chi connectivity index (χ2n) is 3.81. The van der Waals surface area contributed by atoms with Crippen LogP contribution in [0.1, 0.15) is 23.0 Å². The molecule has 1 N–H and O–H groups in total. The third-order valence-corrected chi connectivity index (χ3v) is 2.94. The Morgan fingerprint density at radius 2 is 2.18 bits per heavy atom. The molecule has 17 heavy (non-hydrogen) atoms. The first-order valence-corrected chi connectivity index (χ1v) is 5.84. The summed E-state index contributed by atoms with van der Waals surface area (Å²) in [6, 6.07) is 5.46. The lowest BCUT2D eigenvalue weighted by molar-refractivity contribution is 0.0956. The number of benzene rings is 1. The largest absolute Gasteiger partial charge is 0.352 e. The molecule has 4 heteroatoms. The summed E-state index contributed by atoms with van der Waals surface area (Å²) in [4.78, 5) is 15.9. The zero-order chi connectivity index (χ0) is 12.4. The molecular formula is C13H13ClN2O. The molecule has 0 saturated carbocycles. The first-order chi connectivity index (χ1) is 8.13. The van der Waals surface area contributed by atoms with Gasteiger partial charge in [-0.05, 0) is 26.0 Å². The second-order valence-corrected chi connectivity index (χ2v) is 4.22. The number of aryl methyl sites for hydroxylation is 1. The van der Waals surface area contributed by atoms with Gasteiger partial charge in [-0.15, -0.1) is 0 Å². The van der Waals surface area contributed by atoms with E-state index in [0.717, 1.165) is 16.5 Å². The second kappa shape index (κ2) is 4.72. The van der Waals surface area contributed by atoms with E-state index >= 15 is 0 Å². The molecule has 0 atom stereocenters. The van der Waals surface area contributed by atoms with Crippen LogP contribution >= 0.6 is 11.6 Å². The number of amides is 1. The number of hydrogen-bond donors (Lipinski definition) is 1. The van der Waals surface area contributed by atoms with Crippen molar-refractivity contribution in [3.05, 3.63) is 40.7 Å². The van der Waals surface area contributed by atoms with E-state index in [9.17, 15) is 4.79 Å². The lowest BCUT2D eigenvalue weighted by Crippen LogP contribution is -2.22. The van der Waals surface area contributed by atoms with E-state index in [4.69, 9.17) is 11.6 Å². The van der Waals surface area contributed by atoms with Gasteiger partial charge in [-0.25, -0.2) is 0 Å². The van der Waals surface area contributed by atoms with Gasteiger partial charge < -0.3 is 5.32 Å². The van der Waals surface area contributed by atoms with Crippen LogP contribution in [-0.2, 0) is 0 Å². The Kier molecular flexibility index (Phi) is 3.29. The standard InChI is InChI=1S/C13H13ClN2O/c1-3-15-13(17)9-4-5-10-11(6-9)8(2)16-7-12(10)14/h4-7H,3H2,1-2H3,(H,15,17). The molecule has 2 aromatic rings. The predicted octanol–water partition coefficient (Wildman–Crippen LogP) is 2.95. The summed E-state index contributed by atoms with van der Waals surface area (Å²) in [6.45, 7) is 4.41. The minimum absolute atomic E-state index is 0.0752. The van der Waals surface area contributed by atoms with E-state index in [-0.39, 0.29) is 5.91 Å². The Hall–Kier alpha value is -1.61. The number of nitrogens with one attached hydrogen (secondary N) is 1. The van der Waals surface area contributed by atoms with E-state index in [1.54, 1.807) is 12.3 Å². The highest BCUT2D eigenvalue weighted by molar-refractivity contribution is 6.35. The lowest BCUT2D eigenvalue weighted by Gasteiger charge is -2.06. The van der Waals surface area contributed by atoms with Gasteiger partial charge >= 0.3 is 0 Å². The molecule has 88 valence electrons. The molecule has 1 aromatic heterocycles. The molecule has 0 aliphatic carbocycles. The number of fused-ring (bicyclic) bond motifs is 1. The minimum Gasteiger partial charge on any atom is -0.352 e. The van der Waals surface area contributed by atoms with Crippen molar-refractivity contribution in [3.63, 3.8) is 0 Å². The van der Waals surface area contributed by atoms with Crippen molar-refractivity contribution in [1.29, 1.82) is 0 Å². The first kappa shape index (κ1) is 11.9. The summed E-state index contributed by atoms with van der Waals surface area (Å²) in [5.74, 6) is -0.0752. The van der Waals surface area contributed by atoms with E-state index in [1.807, 2.05) is 26.0 Å². The van der Waals surface area contributed by atoms with Gasteiger partial charge in [-0.2, -0.15) is 0 Å². The molecule has 2 rings (SSSR count). The van der Waals surface area contributed by atoms with E-state index < -0.39 is 0 Å². The molecule has 0 bridgehead atoms. The van der Waals surface area contributed by atoms with Crippen LogP contribution in [0, 0.1) is 6.92 Å². The van der Waals surface area contributed by atoms with Gasteiger partial charge in [-0.3, -0.25) is 9.78 Å². The van der Waals surface area contributed by atoms with Crippen molar-refractivity contribution in [2.24, 2.45) is 0 Å². The molecule has 0 aliphatic heterocycles. The van der Waals surface area contributed by atoms with Crippen LogP contribution in [0.4, 0.5) is 0 Å². The summed E-state index contributed by atoms with van der Waals surface area (Å²) >= 11 is 6.06. The van der Waals surface area contributed by atoms with Crippen LogP contribution in [0.5, 0.6) is 0 Å². The number of nitrogens with zero attached hydrogens (tertiary/aromatic N) is 1. The van der Waals surface area contributed by atoms with Gasteiger partial charge in [0.2, 0.25) is 0 Å². The Balaban J connectivity index is 2.57. The van der Waals surface area contributed by atoms with Crippen molar-refractivity contribution in [2.75, 3.05) is 6.54 Å². The summed E-state index contributed by atoms with van der Waals surface area (Å²) in [5.41, 5.74) is 1.50. The molecule has 0 aliphatic rings. The zero-order valence-electron chi connectivity index (χ0n) is 9.75. The SMILES string of the molecule is CCNC(=O)c1ccc2c(Cl)cnc(C)c2c1. The fraction of sp³-hybridized carbons (Fsp3) is 0.231. The Bertz CT molecular complexity index is 581. The molecule has 0 radical (unpaired) electrons. The molecule has 0 unspecified atom stereocenters. The molecule has 3 nitrogen and oxygen atoms in total. The summed E-state index contributed by atoms with van der Waals surface area (Å²) in [5, 5.41) is 5.21. The van der Waals surface area contributed by atoms with Crippen molar-refractivity contribution in [1.82, 2.24) is 10.3 Å². The Morgan fingerprint density at radius 1 is 1.41 bits per heavy atom. The van der Waals surface area contributed by atoms with Crippen LogP contribution in [0.25, 0.3) is 10.8 Å². The smallest absolute Gasteiger partial charge is 0.251 e. The van der Waals surface area contributed by atoms with Crippen molar-refractivity contribution < 1.29 is 4.79 Å². The number of rotatable bonds is 2. The van der Waals surface area contributed by atoms with Crippen molar-refractivity contribution >= 4 is 28.3 Å². The minimum atomic E-state index is -0.0752. The van der Waals surface area contributed by atoms with Gasteiger partial charge in [0.1, 0.15) is 0 Å². The molecule has 1 heterocycles. The number of pyridine rings is 1. The average molecular weight is 249 g/mol. The maximum Gasteiger partial charge on any atom is 0.251 e. The third-order valence-electron chi connectivity index (χ3n) is 2.64. The Labute approximate surface area is 105 Å². The zero-order valence-corrected chi connectivity index (χ0v) is 10.5. The fourth-order valence-electron chi connectivity index (χ4n) is 1.75. The highest BCUT2D eigenvalue weighted by Gasteiger charge is 2.08. The van der Waals surface area contributed by atoms with Crippen molar-refractivity contribution in [2.45, 2.75) is 13.8 Å². The van der Waals surface area contributed by atoms with Gasteiger partial charge in [0.25, 0.3) is 5.91 Å².